The SMILES string of the molecule is Cc1ncccc1OC1CCCN(C)C1. The van der Waals surface area contributed by atoms with Crippen LogP contribution in [0.5, 0.6) is 5.75 Å². The average Bonchev–Trinajstić information content (AvgIpc) is 2.22. The maximum atomic E-state index is 5.95. The predicted molar refractivity (Wildman–Crippen MR) is 60.1 cm³/mol. The van der Waals surface area contributed by atoms with Crippen molar-refractivity contribution in [2.45, 2.75) is 25.9 Å². The lowest BCUT2D eigenvalue weighted by molar-refractivity contribution is 0.103. The van der Waals surface area contributed by atoms with Crippen molar-refractivity contribution in [3.63, 3.8) is 0 Å². The molecule has 2 heterocycles. The summed E-state index contributed by atoms with van der Waals surface area (Å²) < 4.78 is 5.95. The fourth-order valence-electron chi connectivity index (χ4n) is 1.99. The molecule has 2 rings (SSSR count). The molecule has 0 bridgehead atoms. The van der Waals surface area contributed by atoms with E-state index in [4.69, 9.17) is 4.74 Å². The summed E-state index contributed by atoms with van der Waals surface area (Å²) in [6.07, 6.45) is 4.50. The molecule has 0 aliphatic carbocycles. The van der Waals surface area contributed by atoms with Crippen molar-refractivity contribution in [1.29, 1.82) is 0 Å². The van der Waals surface area contributed by atoms with Crippen molar-refractivity contribution in [1.82, 2.24) is 9.88 Å². The smallest absolute Gasteiger partial charge is 0.140 e. The Kier molecular flexibility index (Phi) is 3.21. The Labute approximate surface area is 91.1 Å². The number of nitrogens with zero attached hydrogens (tertiary/aromatic N) is 2. The first kappa shape index (κ1) is 10.4. The minimum atomic E-state index is 0.326. The zero-order valence-electron chi connectivity index (χ0n) is 9.44. The van der Waals surface area contributed by atoms with Crippen LogP contribution in [0.3, 0.4) is 0 Å². The topological polar surface area (TPSA) is 25.4 Å². The Morgan fingerprint density at radius 1 is 1.53 bits per heavy atom. The molecule has 1 unspecified atom stereocenters. The minimum Gasteiger partial charge on any atom is -0.487 e. The second-order valence-corrected chi connectivity index (χ2v) is 4.23. The van der Waals surface area contributed by atoms with Gasteiger partial charge in [0.15, 0.2) is 0 Å². The van der Waals surface area contributed by atoms with Gasteiger partial charge in [0.1, 0.15) is 11.9 Å². The lowest BCUT2D eigenvalue weighted by Gasteiger charge is -2.30. The van der Waals surface area contributed by atoms with Gasteiger partial charge in [0, 0.05) is 12.7 Å². The van der Waals surface area contributed by atoms with Crippen LogP contribution in [0.1, 0.15) is 18.5 Å². The molecule has 1 aromatic heterocycles. The van der Waals surface area contributed by atoms with Gasteiger partial charge in [-0.2, -0.15) is 0 Å². The summed E-state index contributed by atoms with van der Waals surface area (Å²) in [5, 5.41) is 0. The molecule has 0 aromatic carbocycles. The lowest BCUT2D eigenvalue weighted by Crippen LogP contribution is -2.38. The third-order valence-corrected chi connectivity index (χ3v) is 2.83. The largest absolute Gasteiger partial charge is 0.487 e. The number of ether oxygens (including phenoxy) is 1. The third-order valence-electron chi connectivity index (χ3n) is 2.83. The van der Waals surface area contributed by atoms with Crippen LogP contribution < -0.4 is 4.74 Å². The predicted octanol–water partition coefficient (Wildman–Crippen LogP) is 1.86. The van der Waals surface area contributed by atoms with Crippen LogP contribution in [0.4, 0.5) is 0 Å². The molecular weight excluding hydrogens is 188 g/mol. The summed E-state index contributed by atoms with van der Waals surface area (Å²) in [5.41, 5.74) is 0.978. The van der Waals surface area contributed by atoms with E-state index in [1.165, 1.54) is 13.0 Å². The summed E-state index contributed by atoms with van der Waals surface area (Å²) in [5.74, 6) is 0.929. The standard InChI is InChI=1S/C12H18N2O/c1-10-12(6-3-7-13-10)15-11-5-4-8-14(2)9-11/h3,6-7,11H,4-5,8-9H2,1-2H3. The number of likely N-dealkylation sites (N-methyl/N-ethyl adjacent to an activating group) is 1. The number of rotatable bonds is 2. The molecule has 1 aliphatic rings. The number of aryl methyl sites for hydroxylation is 1. The van der Waals surface area contributed by atoms with Crippen LogP contribution in [0.25, 0.3) is 0 Å². The zero-order chi connectivity index (χ0) is 10.7. The highest BCUT2D eigenvalue weighted by Gasteiger charge is 2.18. The monoisotopic (exact) mass is 206 g/mol. The molecule has 0 spiro atoms. The Morgan fingerprint density at radius 2 is 2.40 bits per heavy atom. The highest BCUT2D eigenvalue weighted by atomic mass is 16.5. The maximum absolute atomic E-state index is 5.95. The van der Waals surface area contributed by atoms with E-state index >= 15 is 0 Å². The molecule has 15 heavy (non-hydrogen) atoms. The molecule has 3 heteroatoms. The number of piperidine rings is 1. The van der Waals surface area contributed by atoms with Gasteiger partial charge in [-0.05, 0) is 45.5 Å². The average molecular weight is 206 g/mol. The van der Waals surface area contributed by atoms with E-state index in [-0.39, 0.29) is 0 Å². The second-order valence-electron chi connectivity index (χ2n) is 4.23. The van der Waals surface area contributed by atoms with Gasteiger partial charge in [0.05, 0.1) is 5.69 Å². The van der Waals surface area contributed by atoms with Gasteiger partial charge in [-0.15, -0.1) is 0 Å². The number of pyridine rings is 1. The van der Waals surface area contributed by atoms with Crippen molar-refractivity contribution >= 4 is 0 Å². The summed E-state index contributed by atoms with van der Waals surface area (Å²) in [7, 11) is 2.14. The van der Waals surface area contributed by atoms with E-state index in [0.717, 1.165) is 24.4 Å². The molecule has 0 amide bonds. The first-order valence-corrected chi connectivity index (χ1v) is 5.52. The summed E-state index contributed by atoms with van der Waals surface area (Å²) in [4.78, 5) is 6.54. The highest BCUT2D eigenvalue weighted by Crippen LogP contribution is 2.19. The molecule has 0 radical (unpaired) electrons. The van der Waals surface area contributed by atoms with Crippen molar-refractivity contribution < 1.29 is 4.74 Å². The Bertz CT molecular complexity index is 327. The molecule has 3 nitrogen and oxygen atoms in total. The van der Waals surface area contributed by atoms with Crippen LogP contribution >= 0.6 is 0 Å². The summed E-state index contributed by atoms with van der Waals surface area (Å²) >= 11 is 0. The molecular formula is C12H18N2O. The van der Waals surface area contributed by atoms with Gasteiger partial charge in [-0.1, -0.05) is 0 Å². The minimum absolute atomic E-state index is 0.326. The van der Waals surface area contributed by atoms with Gasteiger partial charge in [-0.3, -0.25) is 4.98 Å². The molecule has 1 aliphatic heterocycles. The quantitative estimate of drug-likeness (QED) is 0.738. The Morgan fingerprint density at radius 3 is 3.13 bits per heavy atom. The second kappa shape index (κ2) is 4.62. The molecule has 0 saturated carbocycles. The number of likely N-dealkylation sites (tertiary alicyclic amines) is 1. The number of hydrogen-bond donors (Lipinski definition) is 0. The van der Waals surface area contributed by atoms with Gasteiger partial charge >= 0.3 is 0 Å². The van der Waals surface area contributed by atoms with Gasteiger partial charge in [0.2, 0.25) is 0 Å². The van der Waals surface area contributed by atoms with Crippen molar-refractivity contribution in [2.24, 2.45) is 0 Å². The lowest BCUT2D eigenvalue weighted by atomic mass is 10.1. The number of hydrogen-bond acceptors (Lipinski definition) is 3. The summed E-state index contributed by atoms with van der Waals surface area (Å²) in [6.45, 7) is 4.20. The van der Waals surface area contributed by atoms with Crippen LogP contribution in [-0.2, 0) is 0 Å². The van der Waals surface area contributed by atoms with Gasteiger partial charge in [0.25, 0.3) is 0 Å². The Balaban J connectivity index is 1.99. The first-order chi connectivity index (χ1) is 7.25. The Hall–Kier alpha value is -1.09. The summed E-state index contributed by atoms with van der Waals surface area (Å²) in [6, 6.07) is 3.92. The fraction of sp³-hybridized carbons (Fsp3) is 0.583. The van der Waals surface area contributed by atoms with Crippen molar-refractivity contribution in [3.05, 3.63) is 24.0 Å². The van der Waals surface area contributed by atoms with E-state index in [1.54, 1.807) is 6.20 Å². The van der Waals surface area contributed by atoms with Crippen LogP contribution in [0, 0.1) is 6.92 Å². The molecule has 1 aromatic rings. The molecule has 1 atom stereocenters. The van der Waals surface area contributed by atoms with E-state index in [1.807, 2.05) is 19.1 Å². The van der Waals surface area contributed by atoms with E-state index < -0.39 is 0 Å². The zero-order valence-corrected chi connectivity index (χ0v) is 9.44. The van der Waals surface area contributed by atoms with Gasteiger partial charge in [-0.25, -0.2) is 0 Å². The molecule has 82 valence electrons. The van der Waals surface area contributed by atoms with Gasteiger partial charge < -0.3 is 9.64 Å². The maximum Gasteiger partial charge on any atom is 0.140 e. The molecule has 1 saturated heterocycles. The molecule has 0 N–H and O–H groups in total. The first-order valence-electron chi connectivity index (χ1n) is 5.52. The van der Waals surface area contributed by atoms with E-state index in [0.29, 0.717) is 6.10 Å². The highest BCUT2D eigenvalue weighted by molar-refractivity contribution is 5.25. The van der Waals surface area contributed by atoms with Crippen LogP contribution in [-0.4, -0.2) is 36.1 Å². The van der Waals surface area contributed by atoms with Crippen molar-refractivity contribution in [2.75, 3.05) is 20.1 Å². The normalized spacial score (nSPS) is 22.7. The molecule has 1 fully saturated rings. The number of aromatic nitrogens is 1. The third kappa shape index (κ3) is 2.69. The van der Waals surface area contributed by atoms with Crippen LogP contribution in [0.2, 0.25) is 0 Å². The van der Waals surface area contributed by atoms with E-state index in [9.17, 15) is 0 Å². The fourth-order valence-corrected chi connectivity index (χ4v) is 1.99. The van der Waals surface area contributed by atoms with E-state index in [2.05, 4.69) is 16.9 Å². The van der Waals surface area contributed by atoms with Crippen molar-refractivity contribution in [3.8, 4) is 5.75 Å². The van der Waals surface area contributed by atoms with Crippen LogP contribution in [0.15, 0.2) is 18.3 Å².